The lowest BCUT2D eigenvalue weighted by Crippen LogP contribution is -2.41. The number of H-pyrrole nitrogens is 1. The molecule has 326 valence electrons. The van der Waals surface area contributed by atoms with Gasteiger partial charge in [-0.1, -0.05) is 35.9 Å². The van der Waals surface area contributed by atoms with E-state index in [2.05, 4.69) is 40.9 Å². The summed E-state index contributed by atoms with van der Waals surface area (Å²) in [6.07, 6.45) is 2.95. The first-order valence-corrected chi connectivity index (χ1v) is 19.5. The predicted molar refractivity (Wildman–Crippen MR) is 213 cm³/mol. The van der Waals surface area contributed by atoms with Gasteiger partial charge in [0.2, 0.25) is 11.8 Å². The van der Waals surface area contributed by atoms with Crippen molar-refractivity contribution in [3.8, 4) is 12.0 Å². The molecule has 5 aromatic rings. The minimum atomic E-state index is -1.20. The first kappa shape index (κ1) is 43.8. The Labute approximate surface area is 346 Å². The Morgan fingerprint density at radius 3 is 2.56 bits per heavy atom. The number of hydrogen-bond acceptors (Lipinski definition) is 16. The second-order valence-corrected chi connectivity index (χ2v) is 14.5. The molecule has 1 saturated heterocycles. The number of aliphatic hydroxyl groups is 1. The van der Waals surface area contributed by atoms with Gasteiger partial charge >= 0.3 is 17.7 Å². The molecule has 23 nitrogen and oxygen atoms in total. The first-order valence-electron chi connectivity index (χ1n) is 19.5. The quantitative estimate of drug-likeness (QED) is 0.0472. The number of benzene rings is 1. The molecule has 0 spiro atoms. The van der Waals surface area contributed by atoms with E-state index in [-0.39, 0.29) is 81.0 Å². The molecule has 1 aliphatic heterocycles. The molecule has 4 atom stereocenters. The third-order valence-electron chi connectivity index (χ3n) is 10.1. The number of carbonyl (C=O) groups is 3. The van der Waals surface area contributed by atoms with Crippen molar-refractivity contribution < 1.29 is 43.9 Å². The van der Waals surface area contributed by atoms with Gasteiger partial charge < -0.3 is 45.9 Å². The number of unbranched alkanes of at least 4 members (excludes halogenated alkanes) is 1. The summed E-state index contributed by atoms with van der Waals surface area (Å²) in [6, 6.07) is 5.31. The Kier molecular flexibility index (Phi) is 14.4. The number of nitrogen functional groups attached to an aromatic ring is 1. The van der Waals surface area contributed by atoms with Crippen LogP contribution in [0, 0.1) is 6.92 Å². The van der Waals surface area contributed by atoms with Crippen LogP contribution in [0.3, 0.4) is 0 Å². The van der Waals surface area contributed by atoms with Gasteiger partial charge in [-0.3, -0.25) is 28.5 Å². The van der Waals surface area contributed by atoms with Crippen molar-refractivity contribution in [2.24, 2.45) is 0 Å². The van der Waals surface area contributed by atoms with Crippen LogP contribution in [0.1, 0.15) is 73.2 Å². The molecule has 0 radical (unpaired) electrons. The molecule has 2 amide bonds. The molecule has 5 heterocycles. The molecule has 0 bridgehead atoms. The number of nitrogens with two attached hydrogens (primary N) is 1. The number of nitrogens with one attached hydrogen (secondary N) is 3. The molecule has 6 rings (SSSR count). The molecule has 61 heavy (non-hydrogen) atoms. The van der Waals surface area contributed by atoms with E-state index in [9.17, 15) is 39.3 Å². The smallest absolute Gasteiger partial charge is 0.330 e. The predicted octanol–water partition coefficient (Wildman–Crippen LogP) is -0.163. The van der Waals surface area contributed by atoms with Crippen LogP contribution in [0.2, 0.25) is 0 Å². The standard InChI is InChI=1S/C38H48N12O11/c1-21-18-48(38(58)46-34(21)54)30-15-26(27(20-51)61-30)50-24(17-41-47-50)5-3-4-6-25(35(55)56)42-29(53)12-11-28(52)40-16-22-7-9-23(10-8-22)19-49-33-31(43-37(49)57)32(39)44-36(45-33)60-14-13-59-2/h7-10,17-18,25-27,30,51H,3-6,11-16,19-20H2,1-2H3,(H,40,52)(H,42,53)(H,43,57)(H,55,56)(H2,39,44,45)(H,46,54,58). The van der Waals surface area contributed by atoms with Gasteiger partial charge in [-0.2, -0.15) is 15.0 Å². The van der Waals surface area contributed by atoms with Crippen LogP contribution in [0.15, 0.2) is 46.2 Å². The maximum atomic E-state index is 12.7. The van der Waals surface area contributed by atoms with Crippen molar-refractivity contribution in [2.75, 3.05) is 32.7 Å². The highest BCUT2D eigenvalue weighted by Crippen LogP contribution is 2.36. The first-order chi connectivity index (χ1) is 29.3. The summed E-state index contributed by atoms with van der Waals surface area (Å²) < 4.78 is 20.8. The van der Waals surface area contributed by atoms with Crippen molar-refractivity contribution in [3.63, 3.8) is 0 Å². The number of carbonyl (C=O) groups excluding carboxylic acids is 2. The summed E-state index contributed by atoms with van der Waals surface area (Å²) in [7, 11) is 1.54. The van der Waals surface area contributed by atoms with E-state index in [4.69, 9.17) is 19.9 Å². The molecule has 8 N–H and O–H groups in total. The number of amides is 2. The van der Waals surface area contributed by atoms with Gasteiger partial charge in [0, 0.05) is 44.7 Å². The Bertz CT molecular complexity index is 2450. The van der Waals surface area contributed by atoms with Crippen LogP contribution in [0.5, 0.6) is 12.0 Å². The number of imidazole rings is 1. The topological polar surface area (TPSA) is 319 Å². The number of fused-ring (bicyclic) bond motifs is 1. The number of aryl methyl sites for hydroxylation is 2. The van der Waals surface area contributed by atoms with Gasteiger partial charge in [0.25, 0.3) is 11.6 Å². The van der Waals surface area contributed by atoms with E-state index in [0.717, 1.165) is 11.1 Å². The Hall–Kier alpha value is -6.72. The van der Waals surface area contributed by atoms with Crippen molar-refractivity contribution in [1.82, 2.24) is 54.7 Å². The molecule has 4 unspecified atom stereocenters. The summed E-state index contributed by atoms with van der Waals surface area (Å²) >= 11 is 0. The molecule has 1 aliphatic rings. The molecule has 23 heteroatoms. The van der Waals surface area contributed by atoms with E-state index < -0.39 is 53.4 Å². The number of methoxy groups -OCH3 is 1. The number of carboxylic acids is 1. The van der Waals surface area contributed by atoms with Gasteiger partial charge in [-0.05, 0) is 37.3 Å². The van der Waals surface area contributed by atoms with Crippen LogP contribution < -0.4 is 32.4 Å². The fourth-order valence-corrected chi connectivity index (χ4v) is 6.89. The molecule has 1 fully saturated rings. The second kappa shape index (κ2) is 20.0. The van der Waals surface area contributed by atoms with E-state index in [0.29, 0.717) is 37.1 Å². The number of aromatic amines is 1. The van der Waals surface area contributed by atoms with E-state index >= 15 is 0 Å². The molecular weight excluding hydrogens is 800 g/mol. The van der Waals surface area contributed by atoms with Crippen LogP contribution >= 0.6 is 0 Å². The fourth-order valence-electron chi connectivity index (χ4n) is 6.89. The van der Waals surface area contributed by atoms with E-state index in [1.54, 1.807) is 29.9 Å². The highest BCUT2D eigenvalue weighted by Gasteiger charge is 2.39. The third-order valence-corrected chi connectivity index (χ3v) is 10.1. The number of aliphatic hydroxyl groups excluding tert-OH is 1. The zero-order chi connectivity index (χ0) is 43.6. The van der Waals surface area contributed by atoms with Crippen LogP contribution in [-0.2, 0) is 43.4 Å². The summed E-state index contributed by atoms with van der Waals surface area (Å²) in [4.78, 5) is 76.3. The maximum absolute atomic E-state index is 12.7. The van der Waals surface area contributed by atoms with Gasteiger partial charge in [0.1, 0.15) is 25.0 Å². The number of ether oxygens (including phenoxy) is 3. The van der Waals surface area contributed by atoms with Crippen molar-refractivity contribution in [3.05, 3.63) is 79.9 Å². The maximum Gasteiger partial charge on any atom is 0.330 e. The minimum Gasteiger partial charge on any atom is -0.480 e. The SMILES string of the molecule is COCCOc1nc(N)c2nc(O)n(Cc3ccc(CNC(=O)CCC(=O)NC(CCCCc4cnnn4C4CC(n5cc(C)c(=O)[nH]c5=O)OC4CO)C(=O)O)cc3)c2n1. The Morgan fingerprint density at radius 2 is 1.82 bits per heavy atom. The van der Waals surface area contributed by atoms with Crippen LogP contribution in [-0.4, -0.2) is 116 Å². The molecule has 0 aliphatic carbocycles. The van der Waals surface area contributed by atoms with Gasteiger partial charge in [-0.25, -0.2) is 14.3 Å². The molecule has 0 saturated carbocycles. The average molecular weight is 849 g/mol. The third kappa shape index (κ3) is 10.9. The van der Waals surface area contributed by atoms with Crippen LogP contribution in [0.4, 0.5) is 5.82 Å². The van der Waals surface area contributed by atoms with Gasteiger partial charge in [0.05, 0.1) is 37.7 Å². The number of aromatic hydroxyl groups is 1. The van der Waals surface area contributed by atoms with Gasteiger partial charge in [-0.15, -0.1) is 5.10 Å². The summed E-state index contributed by atoms with van der Waals surface area (Å²) in [5.41, 5.74) is 8.00. The molecule has 1 aromatic carbocycles. The molecule has 4 aromatic heterocycles. The summed E-state index contributed by atoms with van der Waals surface area (Å²) in [5, 5.41) is 43.8. The number of anilines is 1. The number of hydrogen-bond donors (Lipinski definition) is 7. The number of carboxylic acid groups (broad SMARTS) is 1. The largest absolute Gasteiger partial charge is 0.480 e. The Morgan fingerprint density at radius 1 is 1.07 bits per heavy atom. The fraction of sp³-hybridized carbons (Fsp3) is 0.474. The highest BCUT2D eigenvalue weighted by molar-refractivity contribution is 5.87. The minimum absolute atomic E-state index is 0.0208. The zero-order valence-corrected chi connectivity index (χ0v) is 33.5. The Balaban J connectivity index is 0.925. The lowest BCUT2D eigenvalue weighted by molar-refractivity contribution is -0.142. The van der Waals surface area contributed by atoms with Crippen molar-refractivity contribution in [2.45, 2.75) is 89.4 Å². The normalized spacial score (nSPS) is 16.7. The monoisotopic (exact) mass is 848 g/mol. The van der Waals surface area contributed by atoms with Crippen LogP contribution in [0.25, 0.3) is 11.2 Å². The van der Waals surface area contributed by atoms with Crippen molar-refractivity contribution in [1.29, 1.82) is 0 Å². The van der Waals surface area contributed by atoms with Gasteiger partial charge in [0.15, 0.2) is 17.0 Å². The number of aliphatic carboxylic acids is 1. The van der Waals surface area contributed by atoms with E-state index in [1.807, 2.05) is 12.1 Å². The zero-order valence-electron chi connectivity index (χ0n) is 33.5. The highest BCUT2D eigenvalue weighted by atomic mass is 16.5. The van der Waals surface area contributed by atoms with E-state index in [1.165, 1.54) is 22.4 Å². The molecular formula is C38H48N12O11. The summed E-state index contributed by atoms with van der Waals surface area (Å²) in [6.45, 7) is 2.13. The van der Waals surface area contributed by atoms with Crippen molar-refractivity contribution >= 4 is 34.8 Å². The lowest BCUT2D eigenvalue weighted by atomic mass is 10.1. The summed E-state index contributed by atoms with van der Waals surface area (Å²) in [5.74, 6) is -2.12. The average Bonchev–Trinajstić information content (AvgIpc) is 3.96. The lowest BCUT2D eigenvalue weighted by Gasteiger charge is -2.18. The number of rotatable bonds is 21. The second-order valence-electron chi connectivity index (χ2n) is 14.5. The number of nitrogens with zero attached hydrogens (tertiary/aromatic N) is 8. The number of aromatic nitrogens is 9.